The third-order valence-corrected chi connectivity index (χ3v) is 6.24. The topological polar surface area (TPSA) is 68.6 Å². The summed E-state index contributed by atoms with van der Waals surface area (Å²) in [7, 11) is 1.74. The predicted molar refractivity (Wildman–Crippen MR) is 117 cm³/mol. The van der Waals surface area contributed by atoms with Gasteiger partial charge in [-0.3, -0.25) is 9.78 Å². The monoisotopic (exact) mass is 414 g/mol. The molecule has 1 saturated heterocycles. The van der Waals surface area contributed by atoms with Crippen molar-refractivity contribution in [2.24, 2.45) is 0 Å². The summed E-state index contributed by atoms with van der Waals surface area (Å²) < 4.78 is 13.3. The molecule has 1 N–H and O–H groups in total. The van der Waals surface area contributed by atoms with Gasteiger partial charge in [0.05, 0.1) is 23.9 Å². The molecule has 2 fully saturated rings. The fourth-order valence-corrected chi connectivity index (χ4v) is 4.61. The highest BCUT2D eigenvalue weighted by molar-refractivity contribution is 5.87. The van der Waals surface area contributed by atoms with Crippen LogP contribution in [0.1, 0.15) is 49.2 Å². The average molecular weight is 415 g/mol. The van der Waals surface area contributed by atoms with E-state index in [2.05, 4.69) is 42.9 Å². The number of fused-ring (bicyclic) bond motifs is 1. The van der Waals surface area contributed by atoms with Crippen molar-refractivity contribution in [2.45, 2.75) is 64.8 Å². The number of ether oxygens (including phenoxy) is 2. The number of aryl methyl sites for hydroxylation is 3. The predicted octanol–water partition coefficient (Wildman–Crippen LogP) is 2.73. The van der Waals surface area contributed by atoms with Crippen molar-refractivity contribution in [3.05, 3.63) is 29.2 Å². The molecule has 4 rings (SSSR count). The summed E-state index contributed by atoms with van der Waals surface area (Å²) in [5, 5.41) is 4.49. The van der Waals surface area contributed by atoms with Crippen LogP contribution in [0.3, 0.4) is 0 Å². The fraction of sp³-hybridized carbons (Fsp3) is 0.652. The van der Waals surface area contributed by atoms with E-state index < -0.39 is 6.10 Å². The lowest BCUT2D eigenvalue weighted by atomic mass is 10.1. The van der Waals surface area contributed by atoms with Crippen LogP contribution < -0.4 is 5.32 Å². The fourth-order valence-electron chi connectivity index (χ4n) is 4.61. The summed E-state index contributed by atoms with van der Waals surface area (Å²) in [4.78, 5) is 20.3. The minimum atomic E-state index is -0.397. The number of hydrogen-bond donors (Lipinski definition) is 1. The third-order valence-electron chi connectivity index (χ3n) is 6.24. The number of amides is 1. The number of pyridine rings is 1. The molecule has 1 aliphatic heterocycles. The molecule has 0 unspecified atom stereocenters. The molecule has 1 saturated carbocycles. The summed E-state index contributed by atoms with van der Waals surface area (Å²) in [6.45, 7) is 9.93. The number of rotatable bonds is 8. The summed E-state index contributed by atoms with van der Waals surface area (Å²) in [6, 6.07) is 2.39. The Morgan fingerprint density at radius 1 is 1.43 bits per heavy atom. The standard InChI is InChI=1S/C23H34N4O3/c1-15-14-26(9-5-10-29-4)20-12-19(25-16(2)22(15)20)17(3)27(18-6-7-18)23(28)21-13-24-8-11-30-21/h12,14,17-18,21,24H,5-11,13H2,1-4H3/t17-,21-/m1/s1. The number of carbonyl (C=O) groups excluding carboxylic acids is 1. The second-order valence-electron chi connectivity index (χ2n) is 8.59. The Balaban J connectivity index is 1.64. The van der Waals surface area contributed by atoms with Gasteiger partial charge in [-0.25, -0.2) is 0 Å². The molecule has 2 aliphatic rings. The van der Waals surface area contributed by atoms with Crippen molar-refractivity contribution in [1.29, 1.82) is 0 Å². The molecule has 0 bridgehead atoms. The van der Waals surface area contributed by atoms with Crippen LogP contribution in [0.15, 0.2) is 12.3 Å². The summed E-state index contributed by atoms with van der Waals surface area (Å²) >= 11 is 0. The molecule has 0 spiro atoms. The Kier molecular flexibility index (Phi) is 6.41. The highest BCUT2D eigenvalue weighted by Gasteiger charge is 2.40. The van der Waals surface area contributed by atoms with E-state index in [0.29, 0.717) is 19.2 Å². The largest absolute Gasteiger partial charge is 0.385 e. The van der Waals surface area contributed by atoms with E-state index in [1.807, 2.05) is 4.90 Å². The van der Waals surface area contributed by atoms with Gasteiger partial charge in [-0.2, -0.15) is 0 Å². The molecule has 0 aromatic carbocycles. The first-order valence-corrected chi connectivity index (χ1v) is 11.1. The van der Waals surface area contributed by atoms with Crippen LogP contribution in [0.25, 0.3) is 10.9 Å². The summed E-state index contributed by atoms with van der Waals surface area (Å²) in [5.74, 6) is 0.0865. The van der Waals surface area contributed by atoms with Crippen LogP contribution in [0, 0.1) is 13.8 Å². The maximum atomic E-state index is 13.3. The lowest BCUT2D eigenvalue weighted by Gasteiger charge is -2.34. The average Bonchev–Trinajstić information content (AvgIpc) is 3.52. The van der Waals surface area contributed by atoms with Crippen molar-refractivity contribution in [3.8, 4) is 0 Å². The van der Waals surface area contributed by atoms with E-state index in [1.54, 1.807) is 7.11 Å². The van der Waals surface area contributed by atoms with E-state index in [0.717, 1.165) is 50.3 Å². The normalized spacial score (nSPS) is 20.5. The van der Waals surface area contributed by atoms with Crippen LogP contribution in [0.5, 0.6) is 0 Å². The quantitative estimate of drug-likeness (QED) is 0.673. The first-order valence-electron chi connectivity index (χ1n) is 11.1. The van der Waals surface area contributed by atoms with Gasteiger partial charge in [0.2, 0.25) is 0 Å². The minimum absolute atomic E-state index is 0.0822. The van der Waals surface area contributed by atoms with E-state index >= 15 is 0 Å². The maximum absolute atomic E-state index is 13.3. The van der Waals surface area contributed by atoms with Gasteiger partial charge in [-0.05, 0) is 51.7 Å². The Morgan fingerprint density at radius 3 is 2.90 bits per heavy atom. The number of nitrogens with zero attached hydrogens (tertiary/aromatic N) is 3. The lowest BCUT2D eigenvalue weighted by Crippen LogP contribution is -2.50. The van der Waals surface area contributed by atoms with Gasteiger partial charge < -0.3 is 24.3 Å². The molecule has 7 nitrogen and oxygen atoms in total. The zero-order valence-electron chi connectivity index (χ0n) is 18.6. The number of nitrogens with one attached hydrogen (secondary N) is 1. The molecular weight excluding hydrogens is 380 g/mol. The zero-order valence-corrected chi connectivity index (χ0v) is 18.6. The van der Waals surface area contributed by atoms with Gasteiger partial charge in [0.25, 0.3) is 5.91 Å². The Morgan fingerprint density at radius 2 is 2.23 bits per heavy atom. The Labute approximate surface area is 178 Å². The molecule has 1 aliphatic carbocycles. The number of aromatic nitrogens is 2. The number of hydrogen-bond acceptors (Lipinski definition) is 5. The van der Waals surface area contributed by atoms with E-state index in [-0.39, 0.29) is 11.9 Å². The second-order valence-corrected chi connectivity index (χ2v) is 8.59. The van der Waals surface area contributed by atoms with Crippen molar-refractivity contribution < 1.29 is 14.3 Å². The van der Waals surface area contributed by atoms with Crippen LogP contribution in [-0.2, 0) is 20.8 Å². The summed E-state index contributed by atoms with van der Waals surface area (Å²) in [5.41, 5.74) is 4.41. The number of morpholine rings is 1. The molecule has 1 amide bonds. The van der Waals surface area contributed by atoms with Crippen LogP contribution in [-0.4, -0.2) is 65.9 Å². The van der Waals surface area contributed by atoms with E-state index in [9.17, 15) is 4.79 Å². The van der Waals surface area contributed by atoms with Crippen molar-refractivity contribution in [2.75, 3.05) is 33.4 Å². The molecule has 3 heterocycles. The van der Waals surface area contributed by atoms with E-state index in [4.69, 9.17) is 14.5 Å². The number of methoxy groups -OCH3 is 1. The van der Waals surface area contributed by atoms with Gasteiger partial charge >= 0.3 is 0 Å². The van der Waals surface area contributed by atoms with Crippen LogP contribution in [0.2, 0.25) is 0 Å². The van der Waals surface area contributed by atoms with Gasteiger partial charge in [0.1, 0.15) is 6.10 Å². The van der Waals surface area contributed by atoms with Crippen molar-refractivity contribution in [1.82, 2.24) is 19.8 Å². The highest BCUT2D eigenvalue weighted by Crippen LogP contribution is 2.36. The smallest absolute Gasteiger partial charge is 0.253 e. The first-order chi connectivity index (χ1) is 14.5. The zero-order chi connectivity index (χ0) is 21.3. The maximum Gasteiger partial charge on any atom is 0.253 e. The van der Waals surface area contributed by atoms with Crippen molar-refractivity contribution in [3.63, 3.8) is 0 Å². The van der Waals surface area contributed by atoms with Gasteiger partial charge in [0, 0.05) is 56.7 Å². The van der Waals surface area contributed by atoms with Gasteiger partial charge in [0.15, 0.2) is 0 Å². The van der Waals surface area contributed by atoms with Gasteiger partial charge in [-0.15, -0.1) is 0 Å². The van der Waals surface area contributed by atoms with Gasteiger partial charge in [-0.1, -0.05) is 0 Å². The Bertz CT molecular complexity index is 899. The molecule has 2 atom stereocenters. The summed E-state index contributed by atoms with van der Waals surface area (Å²) in [6.07, 6.45) is 4.89. The molecule has 0 radical (unpaired) electrons. The SMILES string of the molecule is COCCCn1cc(C)c2c(C)nc([C@@H](C)N(C(=O)[C@H]3CNCCO3)C3CC3)cc21. The van der Waals surface area contributed by atoms with E-state index in [1.165, 1.54) is 16.5 Å². The molecule has 2 aromatic rings. The highest BCUT2D eigenvalue weighted by atomic mass is 16.5. The second kappa shape index (κ2) is 9.04. The van der Waals surface area contributed by atoms with Crippen LogP contribution >= 0.6 is 0 Å². The minimum Gasteiger partial charge on any atom is -0.385 e. The molecular formula is C23H34N4O3. The molecule has 2 aromatic heterocycles. The molecule has 30 heavy (non-hydrogen) atoms. The van der Waals surface area contributed by atoms with Crippen molar-refractivity contribution >= 4 is 16.8 Å². The lowest BCUT2D eigenvalue weighted by molar-refractivity contribution is -0.148. The third kappa shape index (κ3) is 4.24. The Hall–Kier alpha value is -1.96. The first kappa shape index (κ1) is 21.3. The van der Waals surface area contributed by atoms with Crippen LogP contribution in [0.4, 0.5) is 0 Å². The number of carbonyl (C=O) groups is 1. The molecule has 7 heteroatoms. The molecule has 164 valence electrons.